The number of likely N-dealkylation sites (tertiary alicyclic amines) is 1. The lowest BCUT2D eigenvalue weighted by Gasteiger charge is -2.31. The minimum absolute atomic E-state index is 0.197. The molecular weight excluding hydrogens is 312 g/mol. The van der Waals surface area contributed by atoms with Gasteiger partial charge in [-0.15, -0.1) is 0 Å². The van der Waals surface area contributed by atoms with Gasteiger partial charge in [0.15, 0.2) is 11.5 Å². The Morgan fingerprint density at radius 3 is 2.79 bits per heavy atom. The van der Waals surface area contributed by atoms with Gasteiger partial charge in [-0.1, -0.05) is 0 Å². The lowest BCUT2D eigenvalue weighted by molar-refractivity contribution is -0.133. The molecule has 7 heteroatoms. The van der Waals surface area contributed by atoms with E-state index in [1.54, 1.807) is 6.07 Å². The quantitative estimate of drug-likeness (QED) is 0.450. The van der Waals surface area contributed by atoms with Crippen LogP contribution >= 0.6 is 0 Å². The Morgan fingerprint density at radius 2 is 2.12 bits per heavy atom. The number of hydrogen-bond donors (Lipinski definition) is 1. The second kappa shape index (κ2) is 8.44. The number of ketones is 1. The Morgan fingerprint density at radius 1 is 1.33 bits per heavy atom. The van der Waals surface area contributed by atoms with Gasteiger partial charge in [-0.2, -0.15) is 0 Å². The first-order valence-corrected chi connectivity index (χ1v) is 7.94. The van der Waals surface area contributed by atoms with Gasteiger partial charge in [-0.25, -0.2) is 0 Å². The maximum atomic E-state index is 12.5. The summed E-state index contributed by atoms with van der Waals surface area (Å²) in [7, 11) is 1.49. The van der Waals surface area contributed by atoms with Crippen LogP contribution in [0.15, 0.2) is 18.2 Å². The van der Waals surface area contributed by atoms with Crippen LogP contribution < -0.4 is 15.2 Å². The van der Waals surface area contributed by atoms with Crippen LogP contribution in [0.3, 0.4) is 0 Å². The topological polar surface area (TPSA) is 98.9 Å². The molecule has 7 nitrogen and oxygen atoms in total. The van der Waals surface area contributed by atoms with Gasteiger partial charge in [0.2, 0.25) is 0 Å². The van der Waals surface area contributed by atoms with E-state index in [4.69, 9.17) is 15.2 Å². The second-order valence-electron chi connectivity index (χ2n) is 5.53. The Bertz CT molecular complexity index is 617. The van der Waals surface area contributed by atoms with Crippen molar-refractivity contribution in [3.8, 4) is 11.5 Å². The summed E-state index contributed by atoms with van der Waals surface area (Å²) in [5.74, 6) is -0.519. The van der Waals surface area contributed by atoms with Crippen molar-refractivity contribution in [2.75, 3.05) is 26.8 Å². The highest BCUT2D eigenvalue weighted by Gasteiger charge is 2.31. The van der Waals surface area contributed by atoms with Crippen LogP contribution in [0.4, 0.5) is 0 Å². The third-order valence-electron chi connectivity index (χ3n) is 3.96. The lowest BCUT2D eigenvalue weighted by atomic mass is 10.0. The second-order valence-corrected chi connectivity index (χ2v) is 5.53. The minimum Gasteiger partial charge on any atom is -0.493 e. The number of aldehydes is 1. The molecule has 1 fully saturated rings. The third kappa shape index (κ3) is 3.91. The molecule has 24 heavy (non-hydrogen) atoms. The Hall–Kier alpha value is -2.41. The fourth-order valence-corrected chi connectivity index (χ4v) is 2.70. The number of carbonyl (C=O) groups excluding carboxylic acids is 3. The third-order valence-corrected chi connectivity index (χ3v) is 3.96. The average molecular weight is 334 g/mol. The molecule has 130 valence electrons. The Kier molecular flexibility index (Phi) is 6.31. The molecule has 0 saturated carbocycles. The first-order valence-electron chi connectivity index (χ1n) is 7.94. The molecule has 0 aliphatic carbocycles. The molecule has 1 unspecified atom stereocenters. The monoisotopic (exact) mass is 334 g/mol. The van der Waals surface area contributed by atoms with Crippen molar-refractivity contribution in [1.29, 1.82) is 0 Å². The van der Waals surface area contributed by atoms with Crippen LogP contribution in [0.5, 0.6) is 11.5 Å². The maximum absolute atomic E-state index is 12.5. The summed E-state index contributed by atoms with van der Waals surface area (Å²) in [5.41, 5.74) is 5.61. The predicted octanol–water partition coefficient (Wildman–Crippen LogP) is 0.795. The Balaban J connectivity index is 2.21. The number of methoxy groups -OCH3 is 1. The molecule has 1 aromatic carbocycles. The molecule has 0 bridgehead atoms. The van der Waals surface area contributed by atoms with Crippen LogP contribution in [0.25, 0.3) is 0 Å². The summed E-state index contributed by atoms with van der Waals surface area (Å²) in [6, 6.07) is 4.02. The van der Waals surface area contributed by atoms with E-state index < -0.39 is 17.7 Å². The van der Waals surface area contributed by atoms with Gasteiger partial charge >= 0.3 is 0 Å². The van der Waals surface area contributed by atoms with E-state index in [1.165, 1.54) is 24.1 Å². The smallest absolute Gasteiger partial charge is 0.295 e. The number of carbonyl (C=O) groups is 3. The standard InChI is InChI=1S/C17H22N2O5/c1-23-14-6-5-12(10-15(14)24-9-7-18)16(21)17(22)19-8-3-2-4-13(19)11-20/h5-6,10-11,13H,2-4,7-9,18H2,1H3. The first kappa shape index (κ1) is 17.9. The summed E-state index contributed by atoms with van der Waals surface area (Å²) in [5, 5.41) is 0. The number of piperidine rings is 1. The molecule has 1 atom stereocenters. The highest BCUT2D eigenvalue weighted by atomic mass is 16.5. The highest BCUT2D eigenvalue weighted by Crippen LogP contribution is 2.28. The lowest BCUT2D eigenvalue weighted by Crippen LogP contribution is -2.47. The molecule has 1 aromatic rings. The fraction of sp³-hybridized carbons (Fsp3) is 0.471. The zero-order valence-electron chi connectivity index (χ0n) is 13.7. The molecule has 1 saturated heterocycles. The van der Waals surface area contributed by atoms with E-state index in [1.807, 2.05) is 0 Å². The zero-order valence-corrected chi connectivity index (χ0v) is 13.7. The minimum atomic E-state index is -0.665. The van der Waals surface area contributed by atoms with Gasteiger partial charge in [0.1, 0.15) is 12.9 Å². The van der Waals surface area contributed by atoms with Crippen LogP contribution in [0, 0.1) is 0 Å². The van der Waals surface area contributed by atoms with Gasteiger partial charge in [-0.05, 0) is 37.5 Å². The van der Waals surface area contributed by atoms with E-state index in [0.29, 0.717) is 31.0 Å². The number of ether oxygens (including phenoxy) is 2. The van der Waals surface area contributed by atoms with Crippen molar-refractivity contribution >= 4 is 18.0 Å². The average Bonchev–Trinajstić information content (AvgIpc) is 2.64. The Labute approximate surface area is 140 Å². The molecular formula is C17H22N2O5. The van der Waals surface area contributed by atoms with E-state index in [2.05, 4.69) is 0 Å². The van der Waals surface area contributed by atoms with Crippen molar-refractivity contribution in [1.82, 2.24) is 4.90 Å². The number of rotatable bonds is 7. The molecule has 1 amide bonds. The molecule has 0 aromatic heterocycles. The molecule has 2 N–H and O–H groups in total. The van der Waals surface area contributed by atoms with Crippen molar-refractivity contribution in [3.63, 3.8) is 0 Å². The van der Waals surface area contributed by atoms with Crippen molar-refractivity contribution < 1.29 is 23.9 Å². The normalized spacial score (nSPS) is 17.2. The van der Waals surface area contributed by atoms with Gasteiger partial charge in [0.05, 0.1) is 13.2 Å². The highest BCUT2D eigenvalue weighted by molar-refractivity contribution is 6.43. The number of hydrogen-bond acceptors (Lipinski definition) is 6. The van der Waals surface area contributed by atoms with Crippen LogP contribution in [0.1, 0.15) is 29.6 Å². The molecule has 1 aliphatic rings. The summed E-state index contributed by atoms with van der Waals surface area (Å²) >= 11 is 0. The summed E-state index contributed by atoms with van der Waals surface area (Å²) in [6.07, 6.45) is 2.99. The number of amides is 1. The maximum Gasteiger partial charge on any atom is 0.295 e. The van der Waals surface area contributed by atoms with Crippen LogP contribution in [-0.2, 0) is 9.59 Å². The van der Waals surface area contributed by atoms with E-state index >= 15 is 0 Å². The summed E-state index contributed by atoms with van der Waals surface area (Å²) in [4.78, 5) is 37.5. The number of Topliss-reactive ketones (excluding diaryl/α,β-unsaturated/α-hetero) is 1. The zero-order chi connectivity index (χ0) is 17.5. The fourth-order valence-electron chi connectivity index (χ4n) is 2.70. The van der Waals surface area contributed by atoms with E-state index in [-0.39, 0.29) is 12.2 Å². The van der Waals surface area contributed by atoms with Crippen molar-refractivity contribution in [2.45, 2.75) is 25.3 Å². The first-order chi connectivity index (χ1) is 11.6. The van der Waals surface area contributed by atoms with Crippen molar-refractivity contribution in [2.24, 2.45) is 5.73 Å². The van der Waals surface area contributed by atoms with Gasteiger partial charge in [-0.3, -0.25) is 9.59 Å². The van der Waals surface area contributed by atoms with Gasteiger partial charge in [0.25, 0.3) is 11.7 Å². The molecule has 1 aliphatic heterocycles. The summed E-state index contributed by atoms with van der Waals surface area (Å²) in [6.45, 7) is 0.997. The van der Waals surface area contributed by atoms with Crippen molar-refractivity contribution in [3.05, 3.63) is 23.8 Å². The largest absolute Gasteiger partial charge is 0.493 e. The predicted molar refractivity (Wildman–Crippen MR) is 87.3 cm³/mol. The van der Waals surface area contributed by atoms with E-state index in [9.17, 15) is 14.4 Å². The molecule has 0 spiro atoms. The molecule has 1 heterocycles. The van der Waals surface area contributed by atoms with Gasteiger partial charge < -0.3 is 24.9 Å². The van der Waals surface area contributed by atoms with Crippen LogP contribution in [0.2, 0.25) is 0 Å². The van der Waals surface area contributed by atoms with Crippen LogP contribution in [-0.4, -0.2) is 55.7 Å². The SMILES string of the molecule is COc1ccc(C(=O)C(=O)N2CCCCC2C=O)cc1OCCN. The van der Waals surface area contributed by atoms with Gasteiger partial charge in [0, 0.05) is 18.7 Å². The summed E-state index contributed by atoms with van der Waals surface area (Å²) < 4.78 is 10.6. The number of benzene rings is 1. The molecule has 2 rings (SSSR count). The number of nitrogens with zero attached hydrogens (tertiary/aromatic N) is 1. The molecule has 0 radical (unpaired) electrons. The van der Waals surface area contributed by atoms with E-state index in [0.717, 1.165) is 19.1 Å². The number of nitrogens with two attached hydrogens (primary N) is 1.